The van der Waals surface area contributed by atoms with Crippen molar-refractivity contribution in [3.63, 3.8) is 0 Å². The average molecular weight is 617 g/mol. The van der Waals surface area contributed by atoms with Crippen LogP contribution in [0.1, 0.15) is 92.7 Å². The zero-order chi connectivity index (χ0) is 30.9. The summed E-state index contributed by atoms with van der Waals surface area (Å²) in [6.07, 6.45) is 10.0. The Morgan fingerprint density at radius 3 is 2.73 bits per heavy atom. The van der Waals surface area contributed by atoms with Gasteiger partial charge in [0, 0.05) is 35.3 Å². The number of carbonyl (C=O) groups is 1. The number of fused-ring (bicyclic) bond motifs is 3. The van der Waals surface area contributed by atoms with E-state index in [-0.39, 0.29) is 5.41 Å². The van der Waals surface area contributed by atoms with Gasteiger partial charge in [0.1, 0.15) is 11.3 Å². The van der Waals surface area contributed by atoms with Gasteiger partial charge in [0.15, 0.2) is 0 Å². The first-order valence-electron chi connectivity index (χ1n) is 16.2. The zero-order valence-corrected chi connectivity index (χ0v) is 27.0. The molecule has 6 rings (SSSR count). The Morgan fingerprint density at radius 1 is 1.16 bits per heavy atom. The van der Waals surface area contributed by atoms with Crippen LogP contribution in [0.3, 0.4) is 0 Å². The number of carboxylic acids is 1. The lowest BCUT2D eigenvalue weighted by atomic mass is 9.59. The SMILES string of the molecule is COCc1ccc2c(c1)C1(CCC(Nc3cccc(Cl)c3)(C(=O)O)CC1)[C@H](C[C@@H](C)COc1ccnc3c1[C@H](C)CCC3)C2. The number of halogens is 1. The molecule has 0 saturated heterocycles. The molecule has 44 heavy (non-hydrogen) atoms. The molecule has 0 amide bonds. The van der Waals surface area contributed by atoms with E-state index in [0.717, 1.165) is 43.5 Å². The van der Waals surface area contributed by atoms with Crippen LogP contribution in [-0.4, -0.2) is 35.3 Å². The van der Waals surface area contributed by atoms with Crippen LogP contribution in [0.15, 0.2) is 54.7 Å². The normalized spacial score (nSPS) is 26.5. The number of ether oxygens (including phenoxy) is 2. The topological polar surface area (TPSA) is 80.7 Å². The van der Waals surface area contributed by atoms with Gasteiger partial charge >= 0.3 is 5.97 Å². The molecule has 3 aromatic rings. The molecule has 1 spiro atoms. The number of carboxylic acid groups (broad SMARTS) is 1. The minimum atomic E-state index is -1.03. The summed E-state index contributed by atoms with van der Waals surface area (Å²) in [4.78, 5) is 17.5. The number of benzene rings is 2. The monoisotopic (exact) mass is 616 g/mol. The minimum Gasteiger partial charge on any atom is -0.493 e. The predicted octanol–water partition coefficient (Wildman–Crippen LogP) is 8.35. The highest BCUT2D eigenvalue weighted by Crippen LogP contribution is 2.56. The maximum Gasteiger partial charge on any atom is 0.329 e. The van der Waals surface area contributed by atoms with Gasteiger partial charge in [-0.25, -0.2) is 4.79 Å². The fourth-order valence-corrected chi connectivity index (χ4v) is 8.59. The molecule has 0 aliphatic heterocycles. The third kappa shape index (κ3) is 5.95. The van der Waals surface area contributed by atoms with E-state index in [9.17, 15) is 9.90 Å². The quantitative estimate of drug-likeness (QED) is 0.238. The Morgan fingerprint density at radius 2 is 1.98 bits per heavy atom. The molecule has 6 nitrogen and oxygen atoms in total. The van der Waals surface area contributed by atoms with E-state index in [0.29, 0.717) is 48.8 Å². The molecule has 2 N–H and O–H groups in total. The van der Waals surface area contributed by atoms with Crippen molar-refractivity contribution in [3.8, 4) is 5.75 Å². The van der Waals surface area contributed by atoms with Crippen molar-refractivity contribution in [1.82, 2.24) is 4.98 Å². The Kier molecular flexibility index (Phi) is 8.94. The van der Waals surface area contributed by atoms with E-state index in [1.165, 1.54) is 40.8 Å². The van der Waals surface area contributed by atoms with E-state index in [1.807, 2.05) is 36.5 Å². The zero-order valence-electron chi connectivity index (χ0n) is 26.2. The van der Waals surface area contributed by atoms with Gasteiger partial charge in [0.25, 0.3) is 0 Å². The largest absolute Gasteiger partial charge is 0.493 e. The number of rotatable bonds is 10. The second kappa shape index (κ2) is 12.7. The fourth-order valence-electron chi connectivity index (χ4n) is 8.40. The summed E-state index contributed by atoms with van der Waals surface area (Å²) in [7, 11) is 1.73. The van der Waals surface area contributed by atoms with Crippen molar-refractivity contribution in [2.45, 2.75) is 95.1 Å². The van der Waals surface area contributed by atoms with Crippen molar-refractivity contribution in [2.24, 2.45) is 11.8 Å². The molecule has 0 bridgehead atoms. The molecule has 1 fully saturated rings. The molecule has 2 aromatic carbocycles. The van der Waals surface area contributed by atoms with Crippen molar-refractivity contribution in [2.75, 3.05) is 19.0 Å². The maximum absolute atomic E-state index is 12.8. The molecule has 1 saturated carbocycles. The first-order chi connectivity index (χ1) is 21.2. The first-order valence-corrected chi connectivity index (χ1v) is 16.6. The van der Waals surface area contributed by atoms with Crippen molar-refractivity contribution < 1.29 is 19.4 Å². The molecule has 234 valence electrons. The summed E-state index contributed by atoms with van der Waals surface area (Å²) in [5, 5.41) is 14.5. The molecular formula is C37H45ClN2O4. The molecule has 0 unspecified atom stereocenters. The standard InChI is InChI=1S/C37H45ClN2O4/c1-24(22-44-33-12-17-39-32-9-4-6-25(2)34(32)33)18-28-20-27-11-10-26(23-43-3)19-31(27)36(28)13-15-37(16-14-36,35(41)42)40-30-8-5-7-29(38)21-30/h5,7-8,10-12,17,19,21,24-25,28,40H,4,6,9,13-16,18,20,22-23H2,1-3H3,(H,41,42)/t24-,25-,28-,36?,37?/m1/s1. The van der Waals surface area contributed by atoms with Gasteiger partial charge in [-0.15, -0.1) is 0 Å². The molecule has 3 aliphatic rings. The number of anilines is 1. The van der Waals surface area contributed by atoms with Crippen LogP contribution in [0.25, 0.3) is 0 Å². The van der Waals surface area contributed by atoms with Crippen molar-refractivity contribution in [1.29, 1.82) is 0 Å². The van der Waals surface area contributed by atoms with Crippen LogP contribution in [0.4, 0.5) is 5.69 Å². The smallest absolute Gasteiger partial charge is 0.329 e. The van der Waals surface area contributed by atoms with E-state index in [2.05, 4.69) is 42.3 Å². The Balaban J connectivity index is 1.23. The van der Waals surface area contributed by atoms with Crippen LogP contribution in [0.2, 0.25) is 5.02 Å². The summed E-state index contributed by atoms with van der Waals surface area (Å²) in [5.41, 5.74) is 6.10. The molecule has 1 aromatic heterocycles. The number of hydrogen-bond donors (Lipinski definition) is 2. The van der Waals surface area contributed by atoms with Gasteiger partial charge < -0.3 is 19.9 Å². The molecule has 1 heterocycles. The predicted molar refractivity (Wildman–Crippen MR) is 175 cm³/mol. The number of aliphatic carboxylic acids is 1. The van der Waals surface area contributed by atoms with E-state index in [4.69, 9.17) is 21.1 Å². The van der Waals surface area contributed by atoms with Gasteiger partial charge in [-0.1, -0.05) is 49.7 Å². The summed E-state index contributed by atoms with van der Waals surface area (Å²) in [6, 6.07) is 16.2. The summed E-state index contributed by atoms with van der Waals surface area (Å²) in [6.45, 7) is 5.82. The third-order valence-electron chi connectivity index (χ3n) is 10.7. The van der Waals surface area contributed by atoms with Crippen LogP contribution in [0, 0.1) is 11.8 Å². The maximum atomic E-state index is 12.8. The first kappa shape index (κ1) is 30.9. The minimum absolute atomic E-state index is 0.0767. The molecule has 3 aliphatic carbocycles. The molecule has 7 heteroatoms. The van der Waals surface area contributed by atoms with Gasteiger partial charge in [0.05, 0.1) is 13.2 Å². The molecular weight excluding hydrogens is 572 g/mol. The second-order valence-electron chi connectivity index (χ2n) is 13.6. The molecule has 3 atom stereocenters. The van der Waals surface area contributed by atoms with Gasteiger partial charge in [0.2, 0.25) is 0 Å². The lowest BCUT2D eigenvalue weighted by molar-refractivity contribution is -0.144. The van der Waals surface area contributed by atoms with Crippen LogP contribution in [0.5, 0.6) is 5.75 Å². The molecule has 0 radical (unpaired) electrons. The lowest BCUT2D eigenvalue weighted by Crippen LogP contribution is -2.53. The number of methoxy groups -OCH3 is 1. The number of aromatic nitrogens is 1. The lowest BCUT2D eigenvalue weighted by Gasteiger charge is -2.47. The van der Waals surface area contributed by atoms with Crippen LogP contribution < -0.4 is 10.1 Å². The number of nitrogens with zero attached hydrogens (tertiary/aromatic N) is 1. The second-order valence-corrected chi connectivity index (χ2v) is 14.1. The van der Waals surface area contributed by atoms with Gasteiger partial charge in [-0.3, -0.25) is 4.98 Å². The van der Waals surface area contributed by atoms with Crippen molar-refractivity contribution in [3.05, 3.63) is 87.7 Å². The third-order valence-corrected chi connectivity index (χ3v) is 10.9. The van der Waals surface area contributed by atoms with E-state index >= 15 is 0 Å². The van der Waals surface area contributed by atoms with Gasteiger partial charge in [-0.05, 0) is 122 Å². The number of nitrogens with one attached hydrogen (secondary N) is 1. The summed E-state index contributed by atoms with van der Waals surface area (Å²) >= 11 is 6.25. The fraction of sp³-hybridized carbons (Fsp3) is 0.514. The number of hydrogen-bond acceptors (Lipinski definition) is 5. The highest BCUT2D eigenvalue weighted by molar-refractivity contribution is 6.30. The van der Waals surface area contributed by atoms with E-state index < -0.39 is 11.5 Å². The highest BCUT2D eigenvalue weighted by Gasteiger charge is 2.54. The number of aryl methyl sites for hydroxylation is 1. The Hall–Kier alpha value is -3.09. The summed E-state index contributed by atoms with van der Waals surface area (Å²) < 4.78 is 12.0. The Labute approximate surface area is 266 Å². The van der Waals surface area contributed by atoms with Crippen molar-refractivity contribution >= 4 is 23.3 Å². The summed E-state index contributed by atoms with van der Waals surface area (Å²) in [5.74, 6) is 1.44. The van der Waals surface area contributed by atoms with E-state index in [1.54, 1.807) is 7.11 Å². The Bertz CT molecular complexity index is 1500. The number of pyridine rings is 1. The highest BCUT2D eigenvalue weighted by atomic mass is 35.5. The van der Waals surface area contributed by atoms with Gasteiger partial charge in [-0.2, -0.15) is 0 Å². The van der Waals surface area contributed by atoms with Crippen LogP contribution >= 0.6 is 11.6 Å². The average Bonchev–Trinajstić information content (AvgIpc) is 3.29. The van der Waals surface area contributed by atoms with Crippen LogP contribution in [-0.2, 0) is 34.4 Å².